The topological polar surface area (TPSA) is 104 Å². The molecule has 0 spiro atoms. The standard InChI is InChI=1S/C28H35N9O2S/c1-5-36-20(26(38)37(17-6-7-17)18-8-9-18)14-19-22-21(29-15-34(22)4)24(31-25(19)36)32-28-30-16(2)23(40-28)27(39)35-12-10-33(3)11-13-35/h14-15,17-18H,5-13H2,1-4H3,(H,30,31,32). The van der Waals surface area contributed by atoms with Gasteiger partial charge >= 0.3 is 0 Å². The van der Waals surface area contributed by atoms with E-state index in [9.17, 15) is 9.59 Å². The Balaban J connectivity index is 1.26. The fraction of sp³-hybridized carbons (Fsp3) is 0.536. The molecule has 0 radical (unpaired) electrons. The number of nitrogens with zero attached hydrogens (tertiary/aromatic N) is 8. The number of nitrogens with one attached hydrogen (secondary N) is 1. The lowest BCUT2D eigenvalue weighted by Crippen LogP contribution is -2.47. The van der Waals surface area contributed by atoms with Crippen molar-refractivity contribution in [2.75, 3.05) is 38.5 Å². The van der Waals surface area contributed by atoms with Gasteiger partial charge in [0, 0.05) is 57.2 Å². The molecule has 2 saturated carbocycles. The van der Waals surface area contributed by atoms with Gasteiger partial charge in [-0.3, -0.25) is 9.59 Å². The predicted octanol–water partition coefficient (Wildman–Crippen LogP) is 3.61. The van der Waals surface area contributed by atoms with Crippen LogP contribution in [-0.4, -0.2) is 95.9 Å². The van der Waals surface area contributed by atoms with E-state index in [2.05, 4.69) is 39.1 Å². The van der Waals surface area contributed by atoms with E-state index in [1.165, 1.54) is 11.3 Å². The number of rotatable bonds is 7. The van der Waals surface area contributed by atoms with Crippen LogP contribution in [0.4, 0.5) is 10.9 Å². The maximum Gasteiger partial charge on any atom is 0.271 e. The Bertz CT molecular complexity index is 1620. The van der Waals surface area contributed by atoms with Crippen molar-refractivity contribution in [2.45, 2.75) is 58.2 Å². The van der Waals surface area contributed by atoms with Crippen LogP contribution in [0.3, 0.4) is 0 Å². The minimum atomic E-state index is 0.0291. The largest absolute Gasteiger partial charge is 0.335 e. The van der Waals surface area contributed by atoms with E-state index in [0.29, 0.717) is 51.4 Å². The summed E-state index contributed by atoms with van der Waals surface area (Å²) in [6.07, 6.45) is 6.16. The highest BCUT2D eigenvalue weighted by Crippen LogP contribution is 2.40. The second-order valence-corrected chi connectivity index (χ2v) is 12.4. The highest BCUT2D eigenvalue weighted by Gasteiger charge is 2.43. The van der Waals surface area contributed by atoms with Crippen molar-refractivity contribution >= 4 is 56.2 Å². The van der Waals surface area contributed by atoms with Crippen LogP contribution < -0.4 is 5.32 Å². The smallest absolute Gasteiger partial charge is 0.271 e. The number of aromatic nitrogens is 5. The van der Waals surface area contributed by atoms with Crippen LogP contribution in [0.2, 0.25) is 0 Å². The van der Waals surface area contributed by atoms with Crippen LogP contribution in [0.25, 0.3) is 22.1 Å². The zero-order valence-corrected chi connectivity index (χ0v) is 24.3. The minimum Gasteiger partial charge on any atom is -0.335 e. The molecule has 1 saturated heterocycles. The number of amides is 2. The molecule has 4 aromatic heterocycles. The second kappa shape index (κ2) is 9.55. The van der Waals surface area contributed by atoms with Crippen LogP contribution >= 0.6 is 11.3 Å². The minimum absolute atomic E-state index is 0.0291. The van der Waals surface area contributed by atoms with Crippen molar-refractivity contribution in [3.63, 3.8) is 0 Å². The number of likely N-dealkylation sites (N-methyl/N-ethyl adjacent to an activating group) is 1. The lowest BCUT2D eigenvalue weighted by Gasteiger charge is -2.32. The van der Waals surface area contributed by atoms with E-state index in [-0.39, 0.29) is 11.8 Å². The molecule has 5 heterocycles. The molecule has 2 aliphatic carbocycles. The molecule has 0 unspecified atom stereocenters. The van der Waals surface area contributed by atoms with E-state index in [1.54, 1.807) is 6.33 Å². The lowest BCUT2D eigenvalue weighted by atomic mass is 10.2. The van der Waals surface area contributed by atoms with Crippen molar-refractivity contribution in [3.8, 4) is 0 Å². The Hall–Kier alpha value is -3.51. The third-order valence-corrected chi connectivity index (χ3v) is 9.42. The Kier molecular flexibility index (Phi) is 6.08. The molecule has 4 aromatic rings. The molecule has 3 fully saturated rings. The summed E-state index contributed by atoms with van der Waals surface area (Å²) >= 11 is 1.35. The quantitative estimate of drug-likeness (QED) is 0.368. The zero-order valence-electron chi connectivity index (χ0n) is 23.5. The van der Waals surface area contributed by atoms with Crippen molar-refractivity contribution in [1.29, 1.82) is 0 Å². The average molecular weight is 562 g/mol. The van der Waals surface area contributed by atoms with Crippen molar-refractivity contribution < 1.29 is 9.59 Å². The number of pyridine rings is 1. The summed E-state index contributed by atoms with van der Waals surface area (Å²) < 4.78 is 4.01. The first-order valence-corrected chi connectivity index (χ1v) is 15.0. The summed E-state index contributed by atoms with van der Waals surface area (Å²) in [5.74, 6) is 0.710. The van der Waals surface area contributed by atoms with Crippen LogP contribution in [-0.2, 0) is 13.6 Å². The molecule has 7 rings (SSSR count). The second-order valence-electron chi connectivity index (χ2n) is 11.4. The van der Waals surface area contributed by atoms with Crippen LogP contribution in [0.5, 0.6) is 0 Å². The van der Waals surface area contributed by atoms with Gasteiger partial charge in [0.2, 0.25) is 0 Å². The summed E-state index contributed by atoms with van der Waals surface area (Å²) in [5, 5.41) is 4.90. The fourth-order valence-corrected chi connectivity index (χ4v) is 6.80. The summed E-state index contributed by atoms with van der Waals surface area (Å²) in [7, 11) is 4.04. The molecule has 11 nitrogen and oxygen atoms in total. The zero-order chi connectivity index (χ0) is 27.7. The number of aryl methyl sites for hydroxylation is 3. The number of anilines is 2. The van der Waals surface area contributed by atoms with Gasteiger partial charge in [-0.2, -0.15) is 0 Å². The molecule has 0 atom stereocenters. The van der Waals surface area contributed by atoms with Crippen LogP contribution in [0.1, 0.15) is 58.5 Å². The molecule has 0 bridgehead atoms. The number of carbonyl (C=O) groups excluding carboxylic acids is 2. The van der Waals surface area contributed by atoms with E-state index >= 15 is 0 Å². The van der Waals surface area contributed by atoms with Gasteiger partial charge in [-0.15, -0.1) is 0 Å². The third-order valence-electron chi connectivity index (χ3n) is 8.36. The van der Waals surface area contributed by atoms with E-state index in [4.69, 9.17) is 4.98 Å². The van der Waals surface area contributed by atoms with E-state index in [1.807, 2.05) is 34.1 Å². The Morgan fingerprint density at radius 3 is 2.42 bits per heavy atom. The maximum atomic E-state index is 13.8. The van der Waals surface area contributed by atoms with Gasteiger partial charge in [-0.25, -0.2) is 15.0 Å². The van der Waals surface area contributed by atoms with Gasteiger partial charge in [0.15, 0.2) is 10.9 Å². The van der Waals surface area contributed by atoms with Gasteiger partial charge in [0.25, 0.3) is 11.8 Å². The number of imidazole rings is 1. The monoisotopic (exact) mass is 561 g/mol. The van der Waals surface area contributed by atoms with Crippen molar-refractivity contribution in [2.24, 2.45) is 7.05 Å². The highest BCUT2D eigenvalue weighted by atomic mass is 32.1. The lowest BCUT2D eigenvalue weighted by molar-refractivity contribution is 0.0667. The Morgan fingerprint density at radius 2 is 1.77 bits per heavy atom. The molecule has 0 aromatic carbocycles. The highest BCUT2D eigenvalue weighted by molar-refractivity contribution is 7.17. The SMILES string of the molecule is CCn1c(C(=O)N(C2CC2)C2CC2)cc2c3c(ncn3C)c(Nc3nc(C)c(C(=O)N4CCN(C)CC4)s3)nc21. The van der Waals surface area contributed by atoms with E-state index in [0.717, 1.165) is 68.4 Å². The van der Waals surface area contributed by atoms with Crippen molar-refractivity contribution in [3.05, 3.63) is 28.7 Å². The molecule has 40 heavy (non-hydrogen) atoms. The average Bonchev–Trinajstić information content (AvgIpc) is 3.85. The fourth-order valence-electron chi connectivity index (χ4n) is 5.87. The molecular formula is C28H35N9O2S. The third kappa shape index (κ3) is 4.24. The number of fused-ring (bicyclic) bond motifs is 3. The molecule has 210 valence electrons. The first-order valence-electron chi connectivity index (χ1n) is 14.2. The van der Waals surface area contributed by atoms with Gasteiger partial charge in [0.1, 0.15) is 21.7 Å². The van der Waals surface area contributed by atoms with Crippen LogP contribution in [0, 0.1) is 6.92 Å². The number of carbonyl (C=O) groups is 2. The number of piperazine rings is 1. The molecule has 2 amide bonds. The van der Waals surface area contributed by atoms with Gasteiger partial charge < -0.3 is 29.2 Å². The summed E-state index contributed by atoms with van der Waals surface area (Å²) in [5.41, 5.74) is 3.77. The number of thiazole rings is 1. The Morgan fingerprint density at radius 1 is 1.07 bits per heavy atom. The summed E-state index contributed by atoms with van der Waals surface area (Å²) in [6.45, 7) is 7.74. The van der Waals surface area contributed by atoms with Crippen LogP contribution in [0.15, 0.2) is 12.4 Å². The maximum absolute atomic E-state index is 13.8. The summed E-state index contributed by atoms with van der Waals surface area (Å²) in [4.78, 5) is 48.4. The Labute approximate surface area is 236 Å². The first-order chi connectivity index (χ1) is 19.3. The van der Waals surface area contributed by atoms with Gasteiger partial charge in [-0.1, -0.05) is 11.3 Å². The molecule has 1 aliphatic heterocycles. The number of hydrogen-bond donors (Lipinski definition) is 1. The molecular weight excluding hydrogens is 526 g/mol. The molecule has 1 N–H and O–H groups in total. The van der Waals surface area contributed by atoms with Crippen molar-refractivity contribution in [1.82, 2.24) is 38.8 Å². The van der Waals surface area contributed by atoms with Gasteiger partial charge in [0.05, 0.1) is 17.5 Å². The van der Waals surface area contributed by atoms with Gasteiger partial charge in [-0.05, 0) is 52.6 Å². The van der Waals surface area contributed by atoms with E-state index < -0.39 is 0 Å². The molecule has 3 aliphatic rings. The summed E-state index contributed by atoms with van der Waals surface area (Å²) in [6, 6.07) is 2.75. The molecule has 12 heteroatoms. The predicted molar refractivity (Wildman–Crippen MR) is 155 cm³/mol. The number of hydrogen-bond acceptors (Lipinski definition) is 8. The first kappa shape index (κ1) is 25.5. The normalized spacial score (nSPS) is 18.1.